The molecule has 0 spiro atoms. The molecule has 0 bridgehead atoms. The third-order valence-electron chi connectivity index (χ3n) is 5.77. The van der Waals surface area contributed by atoms with E-state index in [4.69, 9.17) is 16.4 Å². The van der Waals surface area contributed by atoms with Gasteiger partial charge in [-0.05, 0) is 42.0 Å². The molecule has 0 saturated carbocycles. The second kappa shape index (κ2) is 7.90. The van der Waals surface area contributed by atoms with E-state index in [0.717, 1.165) is 17.0 Å². The molecule has 0 aromatic heterocycles. The minimum atomic E-state index is -4.56. The van der Waals surface area contributed by atoms with Crippen molar-refractivity contribution in [1.29, 1.82) is 0 Å². The average Bonchev–Trinajstić information content (AvgIpc) is 3.31. The second-order valence-electron chi connectivity index (χ2n) is 7.74. The topological polar surface area (TPSA) is 49.9 Å². The molecule has 33 heavy (non-hydrogen) atoms. The number of carbonyl (C=O) groups excluding carboxylic acids is 2. The molecular weight excluding hydrogens is 457 g/mol. The minimum absolute atomic E-state index is 0.203. The fourth-order valence-electron chi connectivity index (χ4n) is 4.32. The maximum Gasteiger partial charge on any atom is 0.416 e. The summed E-state index contributed by atoms with van der Waals surface area (Å²) < 4.78 is 40.3. The lowest BCUT2D eigenvalue weighted by Gasteiger charge is -2.29. The zero-order valence-electron chi connectivity index (χ0n) is 16.9. The van der Waals surface area contributed by atoms with E-state index < -0.39 is 41.6 Å². The van der Waals surface area contributed by atoms with Crippen molar-refractivity contribution in [1.82, 2.24) is 0 Å². The highest BCUT2D eigenvalue weighted by molar-refractivity contribution is 6.36. The van der Waals surface area contributed by atoms with Crippen LogP contribution in [-0.4, -0.2) is 17.9 Å². The number of halogens is 4. The highest BCUT2D eigenvalue weighted by atomic mass is 35.5. The van der Waals surface area contributed by atoms with Gasteiger partial charge in [-0.1, -0.05) is 54.1 Å². The summed E-state index contributed by atoms with van der Waals surface area (Å²) in [5.41, 5.74) is 0.0833. The van der Waals surface area contributed by atoms with E-state index in [1.165, 1.54) is 23.3 Å². The van der Waals surface area contributed by atoms with Crippen LogP contribution in [0.15, 0.2) is 78.9 Å². The zero-order valence-corrected chi connectivity index (χ0v) is 17.6. The van der Waals surface area contributed by atoms with E-state index in [9.17, 15) is 22.8 Å². The molecule has 0 aliphatic carbocycles. The number of fused-ring (bicyclic) bond motifs is 1. The Morgan fingerprint density at radius 1 is 0.848 bits per heavy atom. The molecule has 2 heterocycles. The molecule has 5 rings (SSSR count). The van der Waals surface area contributed by atoms with E-state index in [1.54, 1.807) is 48.5 Å². The number of anilines is 2. The van der Waals surface area contributed by atoms with Crippen LogP contribution in [0.1, 0.15) is 17.2 Å². The maximum atomic E-state index is 13.5. The second-order valence-corrected chi connectivity index (χ2v) is 8.15. The third-order valence-corrected chi connectivity index (χ3v) is 6.09. The predicted octanol–water partition coefficient (Wildman–Crippen LogP) is 5.41. The summed E-state index contributed by atoms with van der Waals surface area (Å²) in [6.45, 7) is 0. The molecule has 9 heteroatoms. The van der Waals surface area contributed by atoms with Gasteiger partial charge in [-0.2, -0.15) is 13.2 Å². The van der Waals surface area contributed by atoms with Crippen molar-refractivity contribution >= 4 is 34.8 Å². The van der Waals surface area contributed by atoms with Gasteiger partial charge < -0.3 is 0 Å². The fraction of sp³-hybridized carbons (Fsp3) is 0.167. The SMILES string of the molecule is O=C1[C@H]2[C@@H](c3cccc(C(F)(F)F)c3)N(c3ccccc3)O[C@H]2C(=O)N1c1ccccc1Cl. The van der Waals surface area contributed by atoms with Crippen LogP contribution in [-0.2, 0) is 20.6 Å². The van der Waals surface area contributed by atoms with E-state index >= 15 is 0 Å². The zero-order chi connectivity index (χ0) is 23.3. The summed E-state index contributed by atoms with van der Waals surface area (Å²) in [4.78, 5) is 33.6. The first-order valence-electron chi connectivity index (χ1n) is 10.1. The summed E-state index contributed by atoms with van der Waals surface area (Å²) in [5, 5.41) is 1.56. The van der Waals surface area contributed by atoms with Gasteiger partial charge in [0.25, 0.3) is 5.91 Å². The van der Waals surface area contributed by atoms with Gasteiger partial charge in [0.15, 0.2) is 6.10 Å². The number of hydrogen-bond donors (Lipinski definition) is 0. The Balaban J connectivity index is 1.62. The Kier molecular flexibility index (Phi) is 5.14. The number of carbonyl (C=O) groups is 2. The highest BCUT2D eigenvalue weighted by Gasteiger charge is 2.60. The lowest BCUT2D eigenvalue weighted by atomic mass is 9.89. The van der Waals surface area contributed by atoms with Gasteiger partial charge in [-0.25, -0.2) is 9.96 Å². The molecule has 5 nitrogen and oxygen atoms in total. The van der Waals surface area contributed by atoms with Crippen molar-refractivity contribution in [2.75, 3.05) is 9.96 Å². The van der Waals surface area contributed by atoms with Gasteiger partial charge in [0.2, 0.25) is 5.91 Å². The van der Waals surface area contributed by atoms with Gasteiger partial charge >= 0.3 is 6.18 Å². The predicted molar refractivity (Wildman–Crippen MR) is 115 cm³/mol. The summed E-state index contributed by atoms with van der Waals surface area (Å²) in [5.74, 6) is -2.26. The maximum absolute atomic E-state index is 13.5. The Morgan fingerprint density at radius 2 is 1.55 bits per heavy atom. The molecule has 3 aromatic rings. The van der Waals surface area contributed by atoms with Crippen LogP contribution in [0.5, 0.6) is 0 Å². The molecule has 0 unspecified atom stereocenters. The molecule has 2 fully saturated rings. The summed E-state index contributed by atoms with van der Waals surface area (Å²) >= 11 is 6.22. The summed E-state index contributed by atoms with van der Waals surface area (Å²) in [6, 6.07) is 18.8. The van der Waals surface area contributed by atoms with Crippen molar-refractivity contribution in [3.8, 4) is 0 Å². The molecule has 2 aliphatic heterocycles. The number of hydroxylamine groups is 1. The van der Waals surface area contributed by atoms with Crippen LogP contribution in [0.4, 0.5) is 24.5 Å². The minimum Gasteiger partial charge on any atom is -0.273 e. The molecule has 0 radical (unpaired) electrons. The largest absolute Gasteiger partial charge is 0.416 e. The van der Waals surface area contributed by atoms with Crippen molar-refractivity contribution in [3.05, 3.63) is 95.0 Å². The molecule has 2 amide bonds. The average molecular weight is 473 g/mol. The fourth-order valence-corrected chi connectivity index (χ4v) is 4.54. The van der Waals surface area contributed by atoms with Crippen molar-refractivity contribution < 1.29 is 27.6 Å². The number of rotatable bonds is 3. The van der Waals surface area contributed by atoms with Gasteiger partial charge in [-0.3, -0.25) is 14.4 Å². The van der Waals surface area contributed by atoms with Crippen molar-refractivity contribution in [3.63, 3.8) is 0 Å². The van der Waals surface area contributed by atoms with Crippen LogP contribution in [0, 0.1) is 5.92 Å². The molecule has 3 aromatic carbocycles. The number of alkyl halides is 3. The molecule has 168 valence electrons. The van der Waals surface area contributed by atoms with E-state index in [-0.39, 0.29) is 16.3 Å². The Hall–Kier alpha value is -3.36. The Morgan fingerprint density at radius 3 is 2.24 bits per heavy atom. The molecule has 0 N–H and O–H groups in total. The van der Waals surface area contributed by atoms with Crippen LogP contribution in [0.3, 0.4) is 0 Å². The standard InChI is InChI=1S/C24H16ClF3N2O3/c25-17-11-4-5-12-18(17)29-22(31)19-20(14-7-6-8-15(13-14)24(26,27)28)30(33-21(19)23(29)32)16-9-2-1-3-10-16/h1-13,19-21H/t19-,20+,21+/m0/s1. The van der Waals surface area contributed by atoms with Gasteiger partial charge in [0.1, 0.15) is 5.92 Å². The summed E-state index contributed by atoms with van der Waals surface area (Å²) in [7, 11) is 0. The molecular formula is C24H16ClF3N2O3. The lowest BCUT2D eigenvalue weighted by Crippen LogP contribution is -2.37. The number of benzene rings is 3. The van der Waals surface area contributed by atoms with Crippen LogP contribution < -0.4 is 9.96 Å². The van der Waals surface area contributed by atoms with Crippen molar-refractivity contribution in [2.45, 2.75) is 18.3 Å². The first-order valence-corrected chi connectivity index (χ1v) is 10.5. The number of imide groups is 1. The normalized spacial score (nSPS) is 22.7. The highest BCUT2D eigenvalue weighted by Crippen LogP contribution is 2.48. The molecule has 2 saturated heterocycles. The van der Waals surface area contributed by atoms with Gasteiger partial charge in [0.05, 0.1) is 28.0 Å². The lowest BCUT2D eigenvalue weighted by molar-refractivity contribution is -0.137. The molecule has 3 atom stereocenters. The quantitative estimate of drug-likeness (QED) is 0.478. The first-order chi connectivity index (χ1) is 15.8. The number of hydrogen-bond acceptors (Lipinski definition) is 4. The summed E-state index contributed by atoms with van der Waals surface area (Å²) in [6.07, 6.45) is -5.76. The third kappa shape index (κ3) is 3.55. The number of para-hydroxylation sites is 2. The van der Waals surface area contributed by atoms with E-state index in [2.05, 4.69) is 0 Å². The molecule has 2 aliphatic rings. The Bertz CT molecular complexity index is 1230. The smallest absolute Gasteiger partial charge is 0.273 e. The van der Waals surface area contributed by atoms with E-state index in [0.29, 0.717) is 5.69 Å². The van der Waals surface area contributed by atoms with E-state index in [1.807, 2.05) is 0 Å². The van der Waals surface area contributed by atoms with Crippen molar-refractivity contribution in [2.24, 2.45) is 5.92 Å². The monoisotopic (exact) mass is 472 g/mol. The number of nitrogens with zero attached hydrogens (tertiary/aromatic N) is 2. The van der Waals surface area contributed by atoms with Crippen LogP contribution >= 0.6 is 11.6 Å². The van der Waals surface area contributed by atoms with Crippen LogP contribution in [0.25, 0.3) is 0 Å². The van der Waals surface area contributed by atoms with Gasteiger partial charge in [-0.15, -0.1) is 0 Å². The van der Waals surface area contributed by atoms with Crippen LogP contribution in [0.2, 0.25) is 5.02 Å². The van der Waals surface area contributed by atoms with Gasteiger partial charge in [0, 0.05) is 0 Å². The number of amides is 2. The first kappa shape index (κ1) is 21.5. The Labute approximate surface area is 191 Å².